The van der Waals surface area contributed by atoms with Crippen LogP contribution in [0.3, 0.4) is 0 Å². The van der Waals surface area contributed by atoms with E-state index in [1.165, 1.54) is 6.42 Å². The highest BCUT2D eigenvalue weighted by Crippen LogP contribution is 2.35. The van der Waals surface area contributed by atoms with Crippen molar-refractivity contribution < 1.29 is 19.1 Å². The minimum Gasteiger partial charge on any atom is -0.481 e. The molecule has 0 spiro atoms. The first-order valence-corrected chi connectivity index (χ1v) is 8.59. The minimum absolute atomic E-state index is 0.0590. The van der Waals surface area contributed by atoms with Gasteiger partial charge >= 0.3 is 5.97 Å². The fourth-order valence-corrected chi connectivity index (χ4v) is 3.39. The van der Waals surface area contributed by atoms with Gasteiger partial charge in [-0.25, -0.2) is 4.79 Å². The summed E-state index contributed by atoms with van der Waals surface area (Å²) in [5.74, 6) is 0.752. The first kappa shape index (κ1) is 18.3. The molecule has 2 rings (SSSR count). The summed E-state index contributed by atoms with van der Waals surface area (Å²) in [5.41, 5.74) is 5.56. The molecule has 0 bridgehead atoms. The Bertz CT molecular complexity index is 584. The molecule has 1 amide bonds. The van der Waals surface area contributed by atoms with Crippen LogP contribution in [0.1, 0.15) is 50.4 Å². The molecule has 1 saturated carbocycles. The average molecular weight is 333 g/mol. The standard InChI is InChI=1S/C19H27NO4/c1-12(2)14-9-8-13(3)10-17(14)24-18(21)11-23-16-7-5-4-6-15(16)19(20)22/h4-7,12-14,17H,8-11H2,1-3H3,(H2,20,22)/t13-,14+,17+/m1/s1. The van der Waals surface area contributed by atoms with Gasteiger partial charge < -0.3 is 15.2 Å². The predicted molar refractivity (Wildman–Crippen MR) is 91.7 cm³/mol. The van der Waals surface area contributed by atoms with Gasteiger partial charge in [0.05, 0.1) is 5.56 Å². The highest BCUT2D eigenvalue weighted by Gasteiger charge is 2.33. The summed E-state index contributed by atoms with van der Waals surface area (Å²) in [7, 11) is 0. The molecule has 0 radical (unpaired) electrons. The summed E-state index contributed by atoms with van der Waals surface area (Å²) in [6, 6.07) is 6.61. The Kier molecular flexibility index (Phi) is 6.23. The lowest BCUT2D eigenvalue weighted by Gasteiger charge is -2.36. The van der Waals surface area contributed by atoms with Gasteiger partial charge in [-0.3, -0.25) is 4.79 Å². The first-order chi connectivity index (χ1) is 11.4. The number of primary amides is 1. The number of esters is 1. The maximum absolute atomic E-state index is 12.2. The third-order valence-electron chi connectivity index (χ3n) is 4.74. The van der Waals surface area contributed by atoms with Crippen LogP contribution in [0.15, 0.2) is 24.3 Å². The smallest absolute Gasteiger partial charge is 0.344 e. The van der Waals surface area contributed by atoms with Crippen LogP contribution in [-0.4, -0.2) is 24.6 Å². The molecule has 5 nitrogen and oxygen atoms in total. The van der Waals surface area contributed by atoms with Crippen molar-refractivity contribution in [2.75, 3.05) is 6.61 Å². The van der Waals surface area contributed by atoms with Crippen LogP contribution in [0.4, 0.5) is 0 Å². The summed E-state index contributed by atoms with van der Waals surface area (Å²) in [5, 5.41) is 0. The molecule has 0 aromatic heterocycles. The Morgan fingerprint density at radius 2 is 1.96 bits per heavy atom. The van der Waals surface area contributed by atoms with E-state index in [4.69, 9.17) is 15.2 Å². The SMILES string of the molecule is CC(C)[C@@H]1CC[C@@H](C)C[C@@H]1OC(=O)COc1ccccc1C(N)=O. The molecule has 0 unspecified atom stereocenters. The topological polar surface area (TPSA) is 78.6 Å². The molecule has 1 aliphatic carbocycles. The van der Waals surface area contributed by atoms with E-state index in [9.17, 15) is 9.59 Å². The van der Waals surface area contributed by atoms with Gasteiger partial charge in [0.2, 0.25) is 0 Å². The number of hydrogen-bond donors (Lipinski definition) is 1. The summed E-state index contributed by atoms with van der Waals surface area (Å²) in [4.78, 5) is 23.5. The van der Waals surface area contributed by atoms with Crippen molar-refractivity contribution in [2.45, 2.75) is 46.1 Å². The molecule has 3 atom stereocenters. The highest BCUT2D eigenvalue weighted by atomic mass is 16.6. The molecule has 2 N–H and O–H groups in total. The van der Waals surface area contributed by atoms with Crippen LogP contribution in [-0.2, 0) is 9.53 Å². The maximum Gasteiger partial charge on any atom is 0.344 e. The van der Waals surface area contributed by atoms with Gasteiger partial charge in [-0.05, 0) is 42.7 Å². The Balaban J connectivity index is 1.94. The van der Waals surface area contributed by atoms with Crippen LogP contribution < -0.4 is 10.5 Å². The summed E-state index contributed by atoms with van der Waals surface area (Å²) in [6.07, 6.45) is 3.10. The van der Waals surface area contributed by atoms with Crippen molar-refractivity contribution in [2.24, 2.45) is 23.5 Å². The van der Waals surface area contributed by atoms with Crippen molar-refractivity contribution in [1.82, 2.24) is 0 Å². The fraction of sp³-hybridized carbons (Fsp3) is 0.579. The zero-order chi connectivity index (χ0) is 17.7. The van der Waals surface area contributed by atoms with Gasteiger partial charge in [0, 0.05) is 0 Å². The second-order valence-corrected chi connectivity index (χ2v) is 7.00. The number of para-hydroxylation sites is 1. The predicted octanol–water partition coefficient (Wildman–Crippen LogP) is 3.17. The molecule has 1 aromatic rings. The van der Waals surface area contributed by atoms with Gasteiger partial charge in [0.25, 0.3) is 5.91 Å². The van der Waals surface area contributed by atoms with E-state index in [2.05, 4.69) is 20.8 Å². The number of rotatable bonds is 6. The maximum atomic E-state index is 12.2. The normalized spacial score (nSPS) is 23.8. The number of nitrogens with two attached hydrogens (primary N) is 1. The summed E-state index contributed by atoms with van der Waals surface area (Å²) in [6.45, 7) is 6.30. The molecule has 5 heteroatoms. The number of hydrogen-bond acceptors (Lipinski definition) is 4. The van der Waals surface area contributed by atoms with Crippen LogP contribution in [0.2, 0.25) is 0 Å². The Hall–Kier alpha value is -2.04. The van der Waals surface area contributed by atoms with Crippen LogP contribution >= 0.6 is 0 Å². The summed E-state index contributed by atoms with van der Waals surface area (Å²) < 4.78 is 11.1. The average Bonchev–Trinajstić information content (AvgIpc) is 2.53. The number of carbonyl (C=O) groups is 2. The minimum atomic E-state index is -0.583. The number of benzene rings is 1. The van der Waals surface area contributed by atoms with E-state index in [-0.39, 0.29) is 18.3 Å². The molecule has 24 heavy (non-hydrogen) atoms. The van der Waals surface area contributed by atoms with E-state index in [0.29, 0.717) is 23.5 Å². The van der Waals surface area contributed by atoms with Gasteiger partial charge in [0.15, 0.2) is 6.61 Å². The highest BCUT2D eigenvalue weighted by molar-refractivity contribution is 5.95. The lowest BCUT2D eigenvalue weighted by molar-refractivity contribution is -0.158. The van der Waals surface area contributed by atoms with Crippen molar-refractivity contribution in [3.05, 3.63) is 29.8 Å². The quantitative estimate of drug-likeness (QED) is 0.811. The van der Waals surface area contributed by atoms with Gasteiger partial charge in [0.1, 0.15) is 11.9 Å². The van der Waals surface area contributed by atoms with Crippen LogP contribution in [0, 0.1) is 17.8 Å². The molecular weight excluding hydrogens is 306 g/mol. The first-order valence-electron chi connectivity index (χ1n) is 8.59. The van der Waals surface area contributed by atoms with E-state index < -0.39 is 11.9 Å². The molecule has 1 fully saturated rings. The van der Waals surface area contributed by atoms with Gasteiger partial charge in [-0.1, -0.05) is 39.3 Å². The second-order valence-electron chi connectivity index (χ2n) is 7.00. The lowest BCUT2D eigenvalue weighted by Crippen LogP contribution is -2.37. The van der Waals surface area contributed by atoms with Crippen molar-refractivity contribution in [3.8, 4) is 5.75 Å². The molecule has 1 aromatic carbocycles. The lowest BCUT2D eigenvalue weighted by atomic mass is 9.75. The molecule has 0 heterocycles. The van der Waals surface area contributed by atoms with E-state index >= 15 is 0 Å². The summed E-state index contributed by atoms with van der Waals surface area (Å²) >= 11 is 0. The van der Waals surface area contributed by atoms with E-state index in [0.717, 1.165) is 12.8 Å². The third kappa shape index (κ3) is 4.73. The number of ether oxygens (including phenoxy) is 2. The molecule has 1 aliphatic rings. The van der Waals surface area contributed by atoms with Crippen LogP contribution in [0.25, 0.3) is 0 Å². The zero-order valence-electron chi connectivity index (χ0n) is 14.7. The monoisotopic (exact) mass is 333 g/mol. The molecule has 132 valence electrons. The number of carbonyl (C=O) groups excluding carboxylic acids is 2. The number of amides is 1. The fourth-order valence-electron chi connectivity index (χ4n) is 3.39. The Morgan fingerprint density at radius 3 is 2.62 bits per heavy atom. The van der Waals surface area contributed by atoms with Crippen molar-refractivity contribution in [3.63, 3.8) is 0 Å². The van der Waals surface area contributed by atoms with E-state index in [1.54, 1.807) is 24.3 Å². The molecule has 0 aliphatic heterocycles. The van der Waals surface area contributed by atoms with Crippen molar-refractivity contribution >= 4 is 11.9 Å². The van der Waals surface area contributed by atoms with E-state index in [1.807, 2.05) is 0 Å². The van der Waals surface area contributed by atoms with Crippen molar-refractivity contribution in [1.29, 1.82) is 0 Å². The van der Waals surface area contributed by atoms with Gasteiger partial charge in [-0.15, -0.1) is 0 Å². The molecule has 0 saturated heterocycles. The second kappa shape index (κ2) is 8.18. The largest absolute Gasteiger partial charge is 0.481 e. The van der Waals surface area contributed by atoms with Crippen LogP contribution in [0.5, 0.6) is 5.75 Å². The molecular formula is C19H27NO4. The Morgan fingerprint density at radius 1 is 1.25 bits per heavy atom. The van der Waals surface area contributed by atoms with Gasteiger partial charge in [-0.2, -0.15) is 0 Å². The Labute approximate surface area is 143 Å². The zero-order valence-corrected chi connectivity index (χ0v) is 14.7. The third-order valence-corrected chi connectivity index (χ3v) is 4.74.